The summed E-state index contributed by atoms with van der Waals surface area (Å²) in [5.41, 5.74) is -0.0112. The number of nitrogens with one attached hydrogen (secondary N) is 1. The SMILES string of the molecule is CC(C)(C)C(NC(=O)O)(c1ccc(F)cc1)c1ccc(Br)cc1. The van der Waals surface area contributed by atoms with Crippen LogP contribution >= 0.6 is 15.9 Å². The molecule has 2 rings (SSSR count). The molecule has 1 unspecified atom stereocenters. The average Bonchev–Trinajstić information content (AvgIpc) is 2.45. The topological polar surface area (TPSA) is 49.3 Å². The van der Waals surface area contributed by atoms with Crippen molar-refractivity contribution in [2.24, 2.45) is 5.41 Å². The number of rotatable bonds is 3. The normalized spacial score (nSPS) is 14.1. The van der Waals surface area contributed by atoms with E-state index in [0.717, 1.165) is 10.0 Å². The molecule has 0 aliphatic carbocycles. The average molecular weight is 380 g/mol. The Morgan fingerprint density at radius 2 is 1.43 bits per heavy atom. The Labute approximate surface area is 143 Å². The Hall–Kier alpha value is -1.88. The van der Waals surface area contributed by atoms with Crippen molar-refractivity contribution in [1.29, 1.82) is 0 Å². The minimum atomic E-state index is -1.13. The highest BCUT2D eigenvalue weighted by atomic mass is 79.9. The molecular formula is C18H19BrFNO2. The molecule has 0 spiro atoms. The minimum Gasteiger partial charge on any atom is -0.465 e. The zero-order valence-corrected chi connectivity index (χ0v) is 14.8. The second-order valence-corrected chi connectivity index (χ2v) is 7.36. The Morgan fingerprint density at radius 3 is 1.83 bits per heavy atom. The van der Waals surface area contributed by atoms with Crippen LogP contribution in [0.3, 0.4) is 0 Å². The number of hydrogen-bond acceptors (Lipinski definition) is 1. The monoisotopic (exact) mass is 379 g/mol. The Kier molecular flexibility index (Phi) is 4.80. The summed E-state index contributed by atoms with van der Waals surface area (Å²) in [7, 11) is 0. The number of benzene rings is 2. The van der Waals surface area contributed by atoms with Gasteiger partial charge in [0, 0.05) is 4.47 Å². The van der Waals surface area contributed by atoms with Crippen molar-refractivity contribution in [2.75, 3.05) is 0 Å². The molecule has 0 aliphatic rings. The van der Waals surface area contributed by atoms with Gasteiger partial charge in [0.25, 0.3) is 0 Å². The van der Waals surface area contributed by atoms with E-state index >= 15 is 0 Å². The second kappa shape index (κ2) is 6.32. The molecule has 122 valence electrons. The van der Waals surface area contributed by atoms with Gasteiger partial charge in [-0.2, -0.15) is 0 Å². The molecule has 1 amide bonds. The van der Waals surface area contributed by atoms with Gasteiger partial charge < -0.3 is 10.4 Å². The van der Waals surface area contributed by atoms with Crippen LogP contribution in [0.4, 0.5) is 9.18 Å². The summed E-state index contributed by atoms with van der Waals surface area (Å²) in [5.74, 6) is -0.359. The Bertz CT molecular complexity index is 645. The summed E-state index contributed by atoms with van der Waals surface area (Å²) in [6, 6.07) is 13.4. The van der Waals surface area contributed by atoms with Gasteiger partial charge >= 0.3 is 6.09 Å². The van der Waals surface area contributed by atoms with Crippen LogP contribution in [-0.4, -0.2) is 11.2 Å². The van der Waals surface area contributed by atoms with E-state index < -0.39 is 17.0 Å². The predicted molar refractivity (Wildman–Crippen MR) is 91.9 cm³/mol. The summed E-state index contributed by atoms with van der Waals surface area (Å²) in [4.78, 5) is 11.5. The van der Waals surface area contributed by atoms with Gasteiger partial charge in [-0.15, -0.1) is 0 Å². The van der Waals surface area contributed by atoms with Gasteiger partial charge in [0.15, 0.2) is 0 Å². The van der Waals surface area contributed by atoms with Crippen LogP contribution in [0.2, 0.25) is 0 Å². The fourth-order valence-electron chi connectivity index (χ4n) is 2.92. The maximum Gasteiger partial charge on any atom is 0.405 e. The number of carbonyl (C=O) groups is 1. The maximum atomic E-state index is 13.3. The van der Waals surface area contributed by atoms with Gasteiger partial charge in [-0.05, 0) is 40.8 Å². The van der Waals surface area contributed by atoms with Crippen molar-refractivity contribution in [3.63, 3.8) is 0 Å². The van der Waals surface area contributed by atoms with Crippen LogP contribution in [0.25, 0.3) is 0 Å². The van der Waals surface area contributed by atoms with Crippen LogP contribution in [0.1, 0.15) is 31.9 Å². The molecule has 3 nitrogen and oxygen atoms in total. The lowest BCUT2D eigenvalue weighted by molar-refractivity contribution is 0.143. The van der Waals surface area contributed by atoms with Gasteiger partial charge in [0.2, 0.25) is 0 Å². The van der Waals surface area contributed by atoms with E-state index in [9.17, 15) is 14.3 Å². The molecule has 2 aromatic rings. The summed E-state index contributed by atoms with van der Waals surface area (Å²) < 4.78 is 14.2. The van der Waals surface area contributed by atoms with Crippen molar-refractivity contribution < 1.29 is 14.3 Å². The minimum absolute atomic E-state index is 0.359. The first-order chi connectivity index (χ1) is 10.7. The molecule has 0 bridgehead atoms. The molecule has 0 aromatic heterocycles. The fraction of sp³-hybridized carbons (Fsp3) is 0.278. The van der Waals surface area contributed by atoms with Gasteiger partial charge in [-0.3, -0.25) is 0 Å². The third-order valence-electron chi connectivity index (χ3n) is 3.97. The Morgan fingerprint density at radius 1 is 1.00 bits per heavy atom. The van der Waals surface area contributed by atoms with E-state index in [4.69, 9.17) is 0 Å². The van der Waals surface area contributed by atoms with E-state index in [1.807, 2.05) is 45.0 Å². The maximum absolute atomic E-state index is 13.3. The number of carboxylic acid groups (broad SMARTS) is 1. The lowest BCUT2D eigenvalue weighted by atomic mass is 9.65. The highest BCUT2D eigenvalue weighted by Gasteiger charge is 2.46. The zero-order valence-electron chi connectivity index (χ0n) is 13.2. The summed E-state index contributed by atoms with van der Waals surface area (Å²) in [6.07, 6.45) is -1.13. The zero-order chi connectivity index (χ0) is 17.3. The molecule has 0 radical (unpaired) electrons. The summed E-state index contributed by atoms with van der Waals surface area (Å²) in [5, 5.41) is 12.1. The lowest BCUT2D eigenvalue weighted by Crippen LogP contribution is -2.55. The first-order valence-corrected chi connectivity index (χ1v) is 7.99. The van der Waals surface area contributed by atoms with E-state index in [1.54, 1.807) is 12.1 Å². The molecule has 0 heterocycles. The van der Waals surface area contributed by atoms with E-state index in [1.165, 1.54) is 12.1 Å². The highest BCUT2D eigenvalue weighted by molar-refractivity contribution is 9.10. The molecule has 0 fully saturated rings. The van der Waals surface area contributed by atoms with E-state index in [2.05, 4.69) is 21.2 Å². The number of halogens is 2. The summed E-state index contributed by atoms with van der Waals surface area (Å²) in [6.45, 7) is 5.86. The van der Waals surface area contributed by atoms with Crippen molar-refractivity contribution in [2.45, 2.75) is 26.3 Å². The molecule has 2 aromatic carbocycles. The second-order valence-electron chi connectivity index (χ2n) is 6.44. The van der Waals surface area contributed by atoms with Gasteiger partial charge in [0.05, 0.1) is 5.54 Å². The number of amides is 1. The lowest BCUT2D eigenvalue weighted by Gasteiger charge is -2.45. The van der Waals surface area contributed by atoms with Crippen molar-refractivity contribution in [3.05, 3.63) is 69.9 Å². The smallest absolute Gasteiger partial charge is 0.405 e. The molecule has 2 N–H and O–H groups in total. The van der Waals surface area contributed by atoms with Crippen molar-refractivity contribution in [1.82, 2.24) is 5.32 Å². The predicted octanol–water partition coefficient (Wildman–Crippen LogP) is 5.15. The van der Waals surface area contributed by atoms with Crippen LogP contribution < -0.4 is 5.32 Å². The highest BCUT2D eigenvalue weighted by Crippen LogP contribution is 2.45. The van der Waals surface area contributed by atoms with Crippen LogP contribution in [0, 0.1) is 11.2 Å². The van der Waals surface area contributed by atoms with E-state index in [0.29, 0.717) is 5.56 Å². The van der Waals surface area contributed by atoms with Gasteiger partial charge in [0.1, 0.15) is 5.82 Å². The molecule has 0 aliphatic heterocycles. The van der Waals surface area contributed by atoms with Crippen LogP contribution in [0.15, 0.2) is 53.0 Å². The van der Waals surface area contributed by atoms with Gasteiger partial charge in [-0.25, -0.2) is 9.18 Å². The van der Waals surface area contributed by atoms with E-state index in [-0.39, 0.29) is 5.82 Å². The Balaban J connectivity index is 2.76. The van der Waals surface area contributed by atoms with Crippen molar-refractivity contribution in [3.8, 4) is 0 Å². The molecule has 1 atom stereocenters. The largest absolute Gasteiger partial charge is 0.465 e. The quantitative estimate of drug-likeness (QED) is 0.774. The number of hydrogen-bond donors (Lipinski definition) is 2. The van der Waals surface area contributed by atoms with Crippen LogP contribution in [-0.2, 0) is 5.54 Å². The van der Waals surface area contributed by atoms with Crippen molar-refractivity contribution >= 4 is 22.0 Å². The summed E-state index contributed by atoms with van der Waals surface area (Å²) >= 11 is 3.39. The third-order valence-corrected chi connectivity index (χ3v) is 4.50. The standard InChI is InChI=1S/C18H19BrFNO2/c1-17(2,3)18(21-16(22)23,12-4-8-14(19)9-5-12)13-6-10-15(20)11-7-13/h4-11,21H,1-3H3,(H,22,23). The fourth-order valence-corrected chi connectivity index (χ4v) is 3.19. The molecule has 5 heteroatoms. The molecular weight excluding hydrogens is 361 g/mol. The molecule has 23 heavy (non-hydrogen) atoms. The third kappa shape index (κ3) is 3.39. The first kappa shape index (κ1) is 17.5. The molecule has 0 saturated carbocycles. The molecule has 0 saturated heterocycles. The first-order valence-electron chi connectivity index (χ1n) is 7.20. The van der Waals surface area contributed by atoms with Gasteiger partial charge in [-0.1, -0.05) is 61.0 Å². The van der Waals surface area contributed by atoms with Crippen LogP contribution in [0.5, 0.6) is 0 Å².